The van der Waals surface area contributed by atoms with Gasteiger partial charge in [-0.15, -0.1) is 0 Å². The highest BCUT2D eigenvalue weighted by atomic mass is 16.5. The van der Waals surface area contributed by atoms with E-state index in [2.05, 4.69) is 13.8 Å². The zero-order chi connectivity index (χ0) is 21.9. The molecule has 0 unspecified atom stereocenters. The topological polar surface area (TPSA) is 44.8 Å². The maximum Gasteiger partial charge on any atom is 0.347 e. The SMILES string of the molecule is CCCCCOc1cc(C(=O)Oc2ccccc2)c(OCCCCC)c2ccccc12. The first-order chi connectivity index (χ1) is 15.2. The van der Waals surface area contributed by atoms with Crippen LogP contribution < -0.4 is 14.2 Å². The Morgan fingerprint density at radius 1 is 0.742 bits per heavy atom. The van der Waals surface area contributed by atoms with E-state index in [9.17, 15) is 4.79 Å². The van der Waals surface area contributed by atoms with Crippen molar-refractivity contribution in [1.82, 2.24) is 0 Å². The van der Waals surface area contributed by atoms with Gasteiger partial charge in [0.25, 0.3) is 0 Å². The molecule has 4 nitrogen and oxygen atoms in total. The third-order valence-corrected chi connectivity index (χ3v) is 5.13. The van der Waals surface area contributed by atoms with Crippen LogP contribution in [0.4, 0.5) is 0 Å². The first-order valence-corrected chi connectivity index (χ1v) is 11.3. The molecular weight excluding hydrogens is 388 g/mol. The second-order valence-corrected chi connectivity index (χ2v) is 7.61. The van der Waals surface area contributed by atoms with Crippen LogP contribution in [-0.2, 0) is 0 Å². The minimum Gasteiger partial charge on any atom is -0.493 e. The maximum absolute atomic E-state index is 13.1. The van der Waals surface area contributed by atoms with Gasteiger partial charge < -0.3 is 14.2 Å². The molecule has 0 saturated carbocycles. The first-order valence-electron chi connectivity index (χ1n) is 11.3. The van der Waals surface area contributed by atoms with Crippen molar-refractivity contribution in [3.63, 3.8) is 0 Å². The summed E-state index contributed by atoms with van der Waals surface area (Å²) in [7, 11) is 0. The summed E-state index contributed by atoms with van der Waals surface area (Å²) in [6.45, 7) is 5.49. The number of carbonyl (C=O) groups is 1. The Balaban J connectivity index is 1.97. The lowest BCUT2D eigenvalue weighted by molar-refractivity contribution is 0.0730. The van der Waals surface area contributed by atoms with Crippen LogP contribution in [0.1, 0.15) is 62.7 Å². The molecule has 0 heterocycles. The van der Waals surface area contributed by atoms with E-state index in [1.54, 1.807) is 18.2 Å². The molecule has 164 valence electrons. The van der Waals surface area contributed by atoms with Gasteiger partial charge in [0.05, 0.1) is 13.2 Å². The van der Waals surface area contributed by atoms with Crippen molar-refractivity contribution in [2.75, 3.05) is 13.2 Å². The van der Waals surface area contributed by atoms with E-state index < -0.39 is 5.97 Å². The summed E-state index contributed by atoms with van der Waals surface area (Å²) in [6, 6.07) is 18.8. The van der Waals surface area contributed by atoms with Crippen LogP contribution in [0.5, 0.6) is 17.2 Å². The van der Waals surface area contributed by atoms with Crippen molar-refractivity contribution >= 4 is 16.7 Å². The number of ether oxygens (including phenoxy) is 3. The molecule has 0 saturated heterocycles. The number of fused-ring (bicyclic) bond motifs is 1. The molecule has 4 heteroatoms. The van der Waals surface area contributed by atoms with E-state index in [1.807, 2.05) is 42.5 Å². The normalized spacial score (nSPS) is 10.8. The number of esters is 1. The Morgan fingerprint density at radius 2 is 1.35 bits per heavy atom. The first kappa shape index (κ1) is 22.7. The highest BCUT2D eigenvalue weighted by molar-refractivity contribution is 6.04. The summed E-state index contributed by atoms with van der Waals surface area (Å²) in [4.78, 5) is 13.1. The molecule has 0 fully saturated rings. The maximum atomic E-state index is 13.1. The third kappa shape index (κ3) is 6.24. The van der Waals surface area contributed by atoms with Gasteiger partial charge in [-0.2, -0.15) is 0 Å². The summed E-state index contributed by atoms with van der Waals surface area (Å²) >= 11 is 0. The second-order valence-electron chi connectivity index (χ2n) is 7.61. The van der Waals surface area contributed by atoms with Gasteiger partial charge in [0, 0.05) is 10.8 Å². The number of unbranched alkanes of at least 4 members (excludes halogenated alkanes) is 4. The predicted octanol–water partition coefficient (Wildman–Crippen LogP) is 7.20. The predicted molar refractivity (Wildman–Crippen MR) is 125 cm³/mol. The molecule has 0 spiro atoms. The lowest BCUT2D eigenvalue weighted by Gasteiger charge is -2.17. The minimum absolute atomic E-state index is 0.393. The van der Waals surface area contributed by atoms with Gasteiger partial charge in [0.15, 0.2) is 0 Å². The van der Waals surface area contributed by atoms with Crippen LogP contribution >= 0.6 is 0 Å². The van der Waals surface area contributed by atoms with Gasteiger partial charge >= 0.3 is 5.97 Å². The highest BCUT2D eigenvalue weighted by Gasteiger charge is 2.21. The Kier molecular flexibility index (Phi) is 8.77. The largest absolute Gasteiger partial charge is 0.493 e. The number of hydrogen-bond acceptors (Lipinski definition) is 4. The molecule has 3 aromatic rings. The van der Waals surface area contributed by atoms with Crippen LogP contribution in [0.3, 0.4) is 0 Å². The minimum atomic E-state index is -0.444. The zero-order valence-corrected chi connectivity index (χ0v) is 18.6. The van der Waals surface area contributed by atoms with Crippen molar-refractivity contribution < 1.29 is 19.0 Å². The lowest BCUT2D eigenvalue weighted by Crippen LogP contribution is -2.12. The number of carbonyl (C=O) groups excluding carboxylic acids is 1. The zero-order valence-electron chi connectivity index (χ0n) is 18.6. The molecule has 3 aromatic carbocycles. The monoisotopic (exact) mass is 420 g/mol. The standard InChI is InChI=1S/C27H32O4/c1-3-5-12-18-29-25-20-24(27(28)31-21-14-8-7-9-15-21)26(30-19-13-6-4-2)23-17-11-10-16-22(23)25/h7-11,14-17,20H,3-6,12-13,18-19H2,1-2H3. The smallest absolute Gasteiger partial charge is 0.347 e. The Bertz CT molecular complexity index is 966. The van der Waals surface area contributed by atoms with Gasteiger partial charge in [-0.05, 0) is 31.0 Å². The Morgan fingerprint density at radius 3 is 2.03 bits per heavy atom. The van der Waals surface area contributed by atoms with Gasteiger partial charge in [0.2, 0.25) is 0 Å². The van der Waals surface area contributed by atoms with Crippen LogP contribution in [0.2, 0.25) is 0 Å². The van der Waals surface area contributed by atoms with Gasteiger partial charge in [-0.1, -0.05) is 82.0 Å². The van der Waals surface area contributed by atoms with Crippen molar-refractivity contribution in [3.8, 4) is 17.2 Å². The van der Waals surface area contributed by atoms with Crippen LogP contribution in [-0.4, -0.2) is 19.2 Å². The highest BCUT2D eigenvalue weighted by Crippen LogP contribution is 2.38. The number of hydrogen-bond donors (Lipinski definition) is 0. The van der Waals surface area contributed by atoms with E-state index in [-0.39, 0.29) is 0 Å². The van der Waals surface area contributed by atoms with E-state index >= 15 is 0 Å². The molecule has 31 heavy (non-hydrogen) atoms. The average molecular weight is 421 g/mol. The molecule has 0 aliphatic rings. The van der Waals surface area contributed by atoms with Gasteiger partial charge in [-0.3, -0.25) is 0 Å². The average Bonchev–Trinajstić information content (AvgIpc) is 2.80. The molecule has 0 radical (unpaired) electrons. The lowest BCUT2D eigenvalue weighted by atomic mass is 10.0. The Hall–Kier alpha value is -3.01. The Labute approximate surface area is 185 Å². The molecule has 0 aromatic heterocycles. The van der Waals surface area contributed by atoms with E-state index in [0.717, 1.165) is 49.3 Å². The molecule has 3 rings (SSSR count). The molecular formula is C27H32O4. The number of benzene rings is 3. The molecule has 0 bridgehead atoms. The summed E-state index contributed by atoms with van der Waals surface area (Å²) in [5, 5.41) is 1.81. The van der Waals surface area contributed by atoms with Crippen molar-refractivity contribution in [3.05, 3.63) is 66.2 Å². The van der Waals surface area contributed by atoms with E-state index in [1.165, 1.54) is 0 Å². The molecule has 0 amide bonds. The summed E-state index contributed by atoms with van der Waals surface area (Å²) in [6.07, 6.45) is 6.35. The number of rotatable bonds is 12. The fourth-order valence-electron chi connectivity index (χ4n) is 3.45. The van der Waals surface area contributed by atoms with Crippen LogP contribution in [0, 0.1) is 0 Å². The summed E-state index contributed by atoms with van der Waals surface area (Å²) in [5.74, 6) is 1.31. The summed E-state index contributed by atoms with van der Waals surface area (Å²) < 4.78 is 17.9. The van der Waals surface area contributed by atoms with Crippen molar-refractivity contribution in [1.29, 1.82) is 0 Å². The van der Waals surface area contributed by atoms with Crippen molar-refractivity contribution in [2.45, 2.75) is 52.4 Å². The molecule has 0 N–H and O–H groups in total. The quantitative estimate of drug-likeness (QED) is 0.177. The van der Waals surface area contributed by atoms with Gasteiger partial charge in [-0.25, -0.2) is 4.79 Å². The molecule has 0 atom stereocenters. The van der Waals surface area contributed by atoms with Crippen LogP contribution in [0.25, 0.3) is 10.8 Å². The van der Waals surface area contributed by atoms with Crippen LogP contribution in [0.15, 0.2) is 60.7 Å². The second kappa shape index (κ2) is 12.0. The fourth-order valence-corrected chi connectivity index (χ4v) is 3.45. The van der Waals surface area contributed by atoms with Crippen molar-refractivity contribution in [2.24, 2.45) is 0 Å². The number of para-hydroxylation sites is 1. The third-order valence-electron chi connectivity index (χ3n) is 5.13. The van der Waals surface area contributed by atoms with E-state index in [4.69, 9.17) is 14.2 Å². The fraction of sp³-hybridized carbons (Fsp3) is 0.370. The molecule has 0 aliphatic heterocycles. The van der Waals surface area contributed by atoms with E-state index in [0.29, 0.717) is 36.0 Å². The molecule has 0 aliphatic carbocycles. The summed E-state index contributed by atoms with van der Waals surface area (Å²) in [5.41, 5.74) is 0.393. The van der Waals surface area contributed by atoms with Gasteiger partial charge in [0.1, 0.15) is 22.8 Å².